The molecule has 1 aliphatic carbocycles. The fourth-order valence-electron chi connectivity index (χ4n) is 4.21. The van der Waals surface area contributed by atoms with Crippen molar-refractivity contribution in [3.63, 3.8) is 0 Å². The standard InChI is InChI=1S/C19H30N2O2/c1-3-6-16-14-21(10-9-20(16)11-12-23-2)18-13-15-7-4-5-8-17(15)19(18)22/h4-5,7-8,16,18-19,22H,3,6,9-14H2,1-2H3/t16-,18+,19-/m1/s1. The molecule has 1 aliphatic heterocycles. The number of rotatable bonds is 6. The van der Waals surface area contributed by atoms with Crippen molar-refractivity contribution >= 4 is 0 Å². The van der Waals surface area contributed by atoms with Gasteiger partial charge in [-0.2, -0.15) is 0 Å². The van der Waals surface area contributed by atoms with Gasteiger partial charge in [-0.3, -0.25) is 9.80 Å². The molecule has 23 heavy (non-hydrogen) atoms. The topological polar surface area (TPSA) is 35.9 Å². The van der Waals surface area contributed by atoms with Crippen molar-refractivity contribution in [3.8, 4) is 0 Å². The van der Waals surface area contributed by atoms with E-state index < -0.39 is 0 Å². The first-order valence-corrected chi connectivity index (χ1v) is 8.97. The van der Waals surface area contributed by atoms with Gasteiger partial charge in [0.15, 0.2) is 0 Å². The molecule has 0 spiro atoms. The first kappa shape index (κ1) is 16.9. The number of ether oxygens (including phenoxy) is 1. The van der Waals surface area contributed by atoms with Crippen LogP contribution in [0.25, 0.3) is 0 Å². The molecule has 0 saturated carbocycles. The molecule has 1 N–H and O–H groups in total. The van der Waals surface area contributed by atoms with E-state index in [0.717, 1.165) is 44.8 Å². The van der Waals surface area contributed by atoms with E-state index >= 15 is 0 Å². The second kappa shape index (κ2) is 7.75. The predicted molar refractivity (Wildman–Crippen MR) is 92.6 cm³/mol. The summed E-state index contributed by atoms with van der Waals surface area (Å²) >= 11 is 0. The van der Waals surface area contributed by atoms with E-state index in [2.05, 4.69) is 34.9 Å². The van der Waals surface area contributed by atoms with Gasteiger partial charge in [-0.15, -0.1) is 0 Å². The Labute approximate surface area is 140 Å². The summed E-state index contributed by atoms with van der Waals surface area (Å²) in [6, 6.07) is 9.19. The molecular formula is C19H30N2O2. The second-order valence-electron chi connectivity index (χ2n) is 6.88. The smallest absolute Gasteiger partial charge is 0.0951 e. The lowest BCUT2D eigenvalue weighted by Crippen LogP contribution is -2.57. The highest BCUT2D eigenvalue weighted by Gasteiger charge is 2.38. The van der Waals surface area contributed by atoms with Crippen LogP contribution in [-0.2, 0) is 11.2 Å². The highest BCUT2D eigenvalue weighted by molar-refractivity contribution is 5.36. The maximum Gasteiger partial charge on any atom is 0.0951 e. The molecule has 1 aromatic carbocycles. The monoisotopic (exact) mass is 318 g/mol. The number of benzene rings is 1. The number of hydrogen-bond donors (Lipinski definition) is 1. The second-order valence-corrected chi connectivity index (χ2v) is 6.88. The van der Waals surface area contributed by atoms with E-state index in [0.29, 0.717) is 6.04 Å². The van der Waals surface area contributed by atoms with Gasteiger partial charge in [0.05, 0.1) is 12.7 Å². The Morgan fingerprint density at radius 2 is 2.09 bits per heavy atom. The summed E-state index contributed by atoms with van der Waals surface area (Å²) in [7, 11) is 1.77. The van der Waals surface area contributed by atoms with Gasteiger partial charge < -0.3 is 9.84 Å². The lowest BCUT2D eigenvalue weighted by atomic mass is 10.0. The molecule has 0 bridgehead atoms. The SMILES string of the molecule is CCC[C@@H]1CN([C@H]2Cc3ccccc3[C@H]2O)CCN1CCOC. The number of methoxy groups -OCH3 is 1. The lowest BCUT2D eigenvalue weighted by Gasteiger charge is -2.44. The zero-order valence-electron chi connectivity index (χ0n) is 14.4. The molecule has 1 saturated heterocycles. The van der Waals surface area contributed by atoms with Crippen LogP contribution in [0.3, 0.4) is 0 Å². The number of piperazine rings is 1. The lowest BCUT2D eigenvalue weighted by molar-refractivity contribution is -0.00674. The minimum Gasteiger partial charge on any atom is -0.387 e. The number of fused-ring (bicyclic) bond motifs is 1. The third kappa shape index (κ3) is 3.61. The Bertz CT molecular complexity index is 508. The molecule has 2 aliphatic rings. The third-order valence-corrected chi connectivity index (χ3v) is 5.48. The van der Waals surface area contributed by atoms with Crippen molar-refractivity contribution < 1.29 is 9.84 Å². The fourth-order valence-corrected chi connectivity index (χ4v) is 4.21. The highest BCUT2D eigenvalue weighted by Crippen LogP contribution is 2.35. The number of aliphatic hydroxyl groups excluding tert-OH is 1. The van der Waals surface area contributed by atoms with Crippen molar-refractivity contribution in [1.29, 1.82) is 0 Å². The van der Waals surface area contributed by atoms with E-state index in [1.165, 1.54) is 18.4 Å². The average Bonchev–Trinajstić information content (AvgIpc) is 2.91. The Kier molecular flexibility index (Phi) is 5.70. The minimum absolute atomic E-state index is 0.247. The molecule has 0 amide bonds. The van der Waals surface area contributed by atoms with Crippen molar-refractivity contribution in [3.05, 3.63) is 35.4 Å². The molecule has 0 unspecified atom stereocenters. The van der Waals surface area contributed by atoms with Gasteiger partial charge in [-0.05, 0) is 24.0 Å². The van der Waals surface area contributed by atoms with Crippen LogP contribution in [0.5, 0.6) is 0 Å². The van der Waals surface area contributed by atoms with Crippen molar-refractivity contribution in [1.82, 2.24) is 9.80 Å². The molecule has 3 rings (SSSR count). The molecule has 4 heteroatoms. The van der Waals surface area contributed by atoms with Gasteiger partial charge >= 0.3 is 0 Å². The van der Waals surface area contributed by atoms with Gasteiger partial charge in [0.2, 0.25) is 0 Å². The van der Waals surface area contributed by atoms with E-state index in [1.807, 2.05) is 6.07 Å². The van der Waals surface area contributed by atoms with Gasteiger partial charge in [0.25, 0.3) is 0 Å². The van der Waals surface area contributed by atoms with Crippen LogP contribution >= 0.6 is 0 Å². The highest BCUT2D eigenvalue weighted by atomic mass is 16.5. The Morgan fingerprint density at radius 1 is 1.26 bits per heavy atom. The zero-order chi connectivity index (χ0) is 16.2. The van der Waals surface area contributed by atoms with Crippen LogP contribution in [0.15, 0.2) is 24.3 Å². The molecule has 4 nitrogen and oxygen atoms in total. The zero-order valence-corrected chi connectivity index (χ0v) is 14.4. The van der Waals surface area contributed by atoms with E-state index in [9.17, 15) is 5.11 Å². The molecule has 1 fully saturated rings. The van der Waals surface area contributed by atoms with Gasteiger partial charge in [-0.1, -0.05) is 37.6 Å². The normalized spacial score (nSPS) is 28.9. The van der Waals surface area contributed by atoms with Gasteiger partial charge in [0, 0.05) is 45.4 Å². The Balaban J connectivity index is 1.66. The van der Waals surface area contributed by atoms with Crippen LogP contribution < -0.4 is 0 Å². The molecule has 1 aromatic rings. The molecular weight excluding hydrogens is 288 g/mol. The first-order chi connectivity index (χ1) is 11.2. The summed E-state index contributed by atoms with van der Waals surface area (Å²) in [6.07, 6.45) is 3.07. The maximum absolute atomic E-state index is 10.7. The Morgan fingerprint density at radius 3 is 2.83 bits per heavy atom. The van der Waals surface area contributed by atoms with E-state index in [-0.39, 0.29) is 12.1 Å². The van der Waals surface area contributed by atoms with Gasteiger partial charge in [-0.25, -0.2) is 0 Å². The van der Waals surface area contributed by atoms with Crippen LogP contribution in [0.4, 0.5) is 0 Å². The summed E-state index contributed by atoms with van der Waals surface area (Å²) in [4.78, 5) is 5.09. The summed E-state index contributed by atoms with van der Waals surface area (Å²) in [5, 5.41) is 10.7. The van der Waals surface area contributed by atoms with E-state index in [4.69, 9.17) is 4.74 Å². The largest absolute Gasteiger partial charge is 0.387 e. The average molecular weight is 318 g/mol. The number of hydrogen-bond acceptors (Lipinski definition) is 4. The Hall–Kier alpha value is -0.940. The predicted octanol–water partition coefficient (Wildman–Crippen LogP) is 2.08. The van der Waals surface area contributed by atoms with Crippen LogP contribution in [0.1, 0.15) is 37.0 Å². The summed E-state index contributed by atoms with van der Waals surface area (Å²) < 4.78 is 5.26. The number of aliphatic hydroxyl groups is 1. The van der Waals surface area contributed by atoms with Crippen LogP contribution in [0.2, 0.25) is 0 Å². The third-order valence-electron chi connectivity index (χ3n) is 5.48. The molecule has 128 valence electrons. The first-order valence-electron chi connectivity index (χ1n) is 8.97. The van der Waals surface area contributed by atoms with Crippen molar-refractivity contribution in [2.45, 2.75) is 44.4 Å². The molecule has 3 atom stereocenters. The van der Waals surface area contributed by atoms with Crippen molar-refractivity contribution in [2.75, 3.05) is 39.9 Å². The van der Waals surface area contributed by atoms with Crippen LogP contribution in [-0.4, -0.2) is 66.9 Å². The quantitative estimate of drug-likeness (QED) is 0.871. The van der Waals surface area contributed by atoms with Crippen LogP contribution in [0, 0.1) is 0 Å². The molecule has 1 heterocycles. The fraction of sp³-hybridized carbons (Fsp3) is 0.684. The number of nitrogens with zero attached hydrogens (tertiary/aromatic N) is 2. The molecule has 0 radical (unpaired) electrons. The maximum atomic E-state index is 10.7. The van der Waals surface area contributed by atoms with E-state index in [1.54, 1.807) is 7.11 Å². The summed E-state index contributed by atoms with van der Waals surface area (Å²) in [5.74, 6) is 0. The van der Waals surface area contributed by atoms with Gasteiger partial charge in [0.1, 0.15) is 0 Å². The molecule has 0 aromatic heterocycles. The van der Waals surface area contributed by atoms with Crippen molar-refractivity contribution in [2.24, 2.45) is 0 Å². The minimum atomic E-state index is -0.334. The summed E-state index contributed by atoms with van der Waals surface area (Å²) in [6.45, 7) is 7.26. The summed E-state index contributed by atoms with van der Waals surface area (Å²) in [5.41, 5.74) is 2.45.